The van der Waals surface area contributed by atoms with Gasteiger partial charge in [0.15, 0.2) is 0 Å². The number of likely N-dealkylation sites (tertiary alicyclic amines) is 2. The lowest BCUT2D eigenvalue weighted by atomic mass is 9.94. The minimum atomic E-state index is -0.760. The van der Waals surface area contributed by atoms with Crippen LogP contribution in [0.2, 0.25) is 0 Å². The molecule has 2 aliphatic rings. The first-order valence-corrected chi connectivity index (χ1v) is 11.2. The van der Waals surface area contributed by atoms with Gasteiger partial charge < -0.3 is 24.4 Å². The molecule has 1 aromatic heterocycles. The highest BCUT2D eigenvalue weighted by Gasteiger charge is 2.49. The van der Waals surface area contributed by atoms with Gasteiger partial charge in [-0.15, -0.1) is 0 Å². The number of hydrogen-bond acceptors (Lipinski definition) is 7. The molecule has 2 fully saturated rings. The zero-order valence-corrected chi connectivity index (χ0v) is 19.1. The van der Waals surface area contributed by atoms with Crippen LogP contribution in [0.15, 0.2) is 54.4 Å². The van der Waals surface area contributed by atoms with Crippen molar-refractivity contribution in [2.75, 3.05) is 26.8 Å². The molecule has 0 spiro atoms. The molecular weight excluding hydrogens is 438 g/mol. The van der Waals surface area contributed by atoms with Gasteiger partial charge in [-0.2, -0.15) is 0 Å². The summed E-state index contributed by atoms with van der Waals surface area (Å²) in [5.74, 6) is -1.03. The highest BCUT2D eigenvalue weighted by atomic mass is 16.6. The van der Waals surface area contributed by atoms with E-state index in [-0.39, 0.29) is 23.5 Å². The van der Waals surface area contributed by atoms with Crippen LogP contribution in [-0.4, -0.2) is 70.5 Å². The lowest BCUT2D eigenvalue weighted by Gasteiger charge is -2.38. The molecule has 2 aliphatic heterocycles. The fourth-order valence-electron chi connectivity index (χ4n) is 4.55. The van der Waals surface area contributed by atoms with Crippen molar-refractivity contribution in [1.82, 2.24) is 14.8 Å². The number of nitrogens with zero attached hydrogens (tertiary/aromatic N) is 3. The molecule has 9 nitrogen and oxygen atoms in total. The number of hydrogen-bond donors (Lipinski definition) is 1. The standard InChI is InChI=1S/C25H27N3O6/c1-3-34-25(32)27-14-10-18(11-15-27)28-21(16-8-12-26-13-9-16)20(23(30)24(28)31)22(29)17-4-6-19(33-2)7-5-17/h4-9,12-13,18,21,29H,3,10-11,14-15H2,1-2H3/b22-20+. The van der Waals surface area contributed by atoms with Crippen molar-refractivity contribution in [2.45, 2.75) is 31.8 Å². The summed E-state index contributed by atoms with van der Waals surface area (Å²) in [6.07, 6.45) is 3.79. The lowest BCUT2D eigenvalue weighted by molar-refractivity contribution is -0.142. The number of aromatic nitrogens is 1. The molecular formula is C25H27N3O6. The monoisotopic (exact) mass is 465 g/mol. The van der Waals surface area contributed by atoms with Gasteiger partial charge in [0.2, 0.25) is 0 Å². The van der Waals surface area contributed by atoms with Crippen LogP contribution >= 0.6 is 0 Å². The van der Waals surface area contributed by atoms with Gasteiger partial charge >= 0.3 is 6.09 Å². The molecule has 0 bridgehead atoms. The van der Waals surface area contributed by atoms with E-state index in [0.29, 0.717) is 49.4 Å². The molecule has 0 radical (unpaired) electrons. The Hall–Kier alpha value is -3.88. The molecule has 0 aliphatic carbocycles. The molecule has 2 saturated heterocycles. The number of carbonyl (C=O) groups excluding carboxylic acids is 3. The summed E-state index contributed by atoms with van der Waals surface area (Å²) in [4.78, 5) is 45.7. The predicted molar refractivity (Wildman–Crippen MR) is 123 cm³/mol. The lowest BCUT2D eigenvalue weighted by Crippen LogP contribution is -2.48. The van der Waals surface area contributed by atoms with E-state index in [9.17, 15) is 19.5 Å². The SMILES string of the molecule is CCOC(=O)N1CCC(N2C(=O)C(=O)/C(=C(/O)c3ccc(OC)cc3)C2c2ccncc2)CC1. The van der Waals surface area contributed by atoms with Crippen molar-refractivity contribution in [2.24, 2.45) is 0 Å². The molecule has 2 amide bonds. The number of pyridine rings is 1. The summed E-state index contributed by atoms with van der Waals surface area (Å²) in [6.45, 7) is 2.87. The first-order chi connectivity index (χ1) is 16.5. The van der Waals surface area contributed by atoms with Crippen LogP contribution in [0.3, 0.4) is 0 Å². The van der Waals surface area contributed by atoms with Crippen molar-refractivity contribution in [3.63, 3.8) is 0 Å². The zero-order chi connectivity index (χ0) is 24.2. The summed E-state index contributed by atoms with van der Waals surface area (Å²) in [7, 11) is 1.54. The third-order valence-corrected chi connectivity index (χ3v) is 6.25. The van der Waals surface area contributed by atoms with Gasteiger partial charge in [-0.25, -0.2) is 4.79 Å². The van der Waals surface area contributed by atoms with Crippen LogP contribution in [0, 0.1) is 0 Å². The third-order valence-electron chi connectivity index (χ3n) is 6.25. The van der Waals surface area contributed by atoms with Gasteiger partial charge in [0.1, 0.15) is 11.5 Å². The fraction of sp³-hybridized carbons (Fsp3) is 0.360. The largest absolute Gasteiger partial charge is 0.507 e. The van der Waals surface area contributed by atoms with Crippen molar-refractivity contribution >= 4 is 23.5 Å². The number of benzene rings is 1. The first-order valence-electron chi connectivity index (χ1n) is 11.2. The van der Waals surface area contributed by atoms with Gasteiger partial charge in [0.05, 0.1) is 25.3 Å². The van der Waals surface area contributed by atoms with E-state index >= 15 is 0 Å². The number of aliphatic hydroxyl groups is 1. The number of Topliss-reactive ketones (excluding diaryl/α,β-unsaturated/α-hetero) is 1. The Kier molecular flexibility index (Phi) is 6.81. The maximum atomic E-state index is 13.2. The van der Waals surface area contributed by atoms with Crippen LogP contribution in [-0.2, 0) is 14.3 Å². The van der Waals surface area contributed by atoms with Gasteiger partial charge in [0.25, 0.3) is 11.7 Å². The summed E-state index contributed by atoms with van der Waals surface area (Å²) >= 11 is 0. The number of amides is 2. The van der Waals surface area contributed by atoms with E-state index in [0.717, 1.165) is 0 Å². The van der Waals surface area contributed by atoms with E-state index in [1.54, 1.807) is 65.5 Å². The van der Waals surface area contributed by atoms with Crippen molar-refractivity contribution in [3.05, 3.63) is 65.5 Å². The molecule has 34 heavy (non-hydrogen) atoms. The Morgan fingerprint density at radius 3 is 2.32 bits per heavy atom. The van der Waals surface area contributed by atoms with E-state index < -0.39 is 17.7 Å². The average Bonchev–Trinajstić information content (AvgIpc) is 3.14. The minimum Gasteiger partial charge on any atom is -0.507 e. The van der Waals surface area contributed by atoms with Gasteiger partial charge in [-0.3, -0.25) is 14.6 Å². The summed E-state index contributed by atoms with van der Waals surface area (Å²) in [5, 5.41) is 11.1. The summed E-state index contributed by atoms with van der Waals surface area (Å²) < 4.78 is 10.2. The normalized spacial score (nSPS) is 20.5. The molecule has 0 saturated carbocycles. The van der Waals surface area contributed by atoms with Crippen LogP contribution < -0.4 is 4.74 Å². The van der Waals surface area contributed by atoms with Crippen molar-refractivity contribution < 1.29 is 29.0 Å². The van der Waals surface area contributed by atoms with Crippen LogP contribution in [0.4, 0.5) is 4.79 Å². The molecule has 4 rings (SSSR count). The van der Waals surface area contributed by atoms with E-state index in [2.05, 4.69) is 4.98 Å². The number of ether oxygens (including phenoxy) is 2. The Balaban J connectivity index is 1.70. The average molecular weight is 466 g/mol. The van der Waals surface area contributed by atoms with E-state index in [1.807, 2.05) is 0 Å². The van der Waals surface area contributed by atoms with Gasteiger partial charge in [-0.1, -0.05) is 0 Å². The fourth-order valence-corrected chi connectivity index (χ4v) is 4.55. The Morgan fingerprint density at radius 1 is 1.09 bits per heavy atom. The zero-order valence-electron chi connectivity index (χ0n) is 19.1. The van der Waals surface area contributed by atoms with Crippen LogP contribution in [0.25, 0.3) is 5.76 Å². The van der Waals surface area contributed by atoms with Crippen molar-refractivity contribution in [3.8, 4) is 5.75 Å². The molecule has 2 aromatic rings. The Labute approximate surface area is 197 Å². The van der Waals surface area contributed by atoms with Gasteiger partial charge in [-0.05, 0) is 61.7 Å². The summed E-state index contributed by atoms with van der Waals surface area (Å²) in [5.41, 5.74) is 1.13. The minimum absolute atomic E-state index is 0.0363. The molecule has 1 unspecified atom stereocenters. The second-order valence-electron chi connectivity index (χ2n) is 8.13. The second-order valence-corrected chi connectivity index (χ2v) is 8.13. The molecule has 1 atom stereocenters. The van der Waals surface area contributed by atoms with E-state index in [4.69, 9.17) is 9.47 Å². The number of rotatable bonds is 5. The number of methoxy groups -OCH3 is 1. The molecule has 178 valence electrons. The number of aliphatic hydroxyl groups excluding tert-OH is 1. The van der Waals surface area contributed by atoms with Crippen LogP contribution in [0.1, 0.15) is 36.9 Å². The number of ketones is 1. The number of carbonyl (C=O) groups is 3. The second kappa shape index (κ2) is 9.94. The Morgan fingerprint density at radius 2 is 1.74 bits per heavy atom. The topological polar surface area (TPSA) is 109 Å². The predicted octanol–water partition coefficient (Wildman–Crippen LogP) is 3.13. The molecule has 3 heterocycles. The number of piperidine rings is 1. The third kappa shape index (κ3) is 4.33. The maximum Gasteiger partial charge on any atom is 0.409 e. The summed E-state index contributed by atoms with van der Waals surface area (Å²) in [6, 6.07) is 9.07. The first kappa shape index (κ1) is 23.3. The molecule has 1 N–H and O–H groups in total. The maximum absolute atomic E-state index is 13.2. The Bertz CT molecular complexity index is 1090. The quantitative estimate of drug-likeness (QED) is 0.410. The molecule has 1 aromatic carbocycles. The van der Waals surface area contributed by atoms with E-state index in [1.165, 1.54) is 7.11 Å². The van der Waals surface area contributed by atoms with Gasteiger partial charge in [0, 0.05) is 37.1 Å². The highest BCUT2D eigenvalue weighted by Crippen LogP contribution is 2.42. The van der Waals surface area contributed by atoms with Crippen molar-refractivity contribution in [1.29, 1.82) is 0 Å². The van der Waals surface area contributed by atoms with Crippen LogP contribution in [0.5, 0.6) is 5.75 Å². The smallest absolute Gasteiger partial charge is 0.409 e. The molecule has 9 heteroatoms. The highest BCUT2D eigenvalue weighted by molar-refractivity contribution is 6.46.